The molecule has 1 aromatic carbocycles. The van der Waals surface area contributed by atoms with Crippen molar-refractivity contribution in [3.8, 4) is 0 Å². The molecule has 1 aromatic heterocycles. The first-order chi connectivity index (χ1) is 13.8. The number of carbonyl (C=O) groups is 3. The zero-order chi connectivity index (χ0) is 21.7. The maximum atomic E-state index is 13.1. The molecule has 0 aliphatic heterocycles. The Morgan fingerprint density at radius 2 is 1.83 bits per heavy atom. The van der Waals surface area contributed by atoms with Gasteiger partial charge in [-0.25, -0.2) is 4.79 Å². The third-order valence-electron chi connectivity index (χ3n) is 4.80. The lowest BCUT2D eigenvalue weighted by Gasteiger charge is -2.21. The molecule has 0 N–H and O–H groups in total. The summed E-state index contributed by atoms with van der Waals surface area (Å²) >= 11 is 5.89. The Morgan fingerprint density at radius 1 is 1.21 bits per heavy atom. The first-order valence-corrected chi connectivity index (χ1v) is 9.61. The van der Waals surface area contributed by atoms with Crippen LogP contribution in [0.1, 0.15) is 49.4 Å². The van der Waals surface area contributed by atoms with Gasteiger partial charge < -0.3 is 14.2 Å². The summed E-state index contributed by atoms with van der Waals surface area (Å²) in [6.07, 6.45) is 1.57. The molecule has 0 fully saturated rings. The number of hydrogen-bond acceptors (Lipinski definition) is 4. The molecule has 0 unspecified atom stereocenters. The number of aromatic nitrogens is 1. The van der Waals surface area contributed by atoms with E-state index in [0.717, 1.165) is 0 Å². The number of ether oxygens (including phenoxy) is 1. The summed E-state index contributed by atoms with van der Waals surface area (Å²) in [4.78, 5) is 39.6. The molecular weight excluding hydrogens is 392 g/mol. The Bertz CT molecular complexity index is 945. The van der Waals surface area contributed by atoms with Crippen molar-refractivity contribution in [2.45, 2.75) is 27.3 Å². The summed E-state index contributed by atoms with van der Waals surface area (Å²) in [6, 6.07) is 6.48. The van der Waals surface area contributed by atoms with Crippen LogP contribution in [0.15, 0.2) is 36.9 Å². The SMILES string of the molecule is C=CCN(CC(=O)c1c(C)c(C(=O)OC)n(CC)c1C)C(=O)c1ccc(Cl)cc1. The van der Waals surface area contributed by atoms with Crippen molar-refractivity contribution in [3.05, 3.63) is 70.0 Å². The third-order valence-corrected chi connectivity index (χ3v) is 5.05. The van der Waals surface area contributed by atoms with Crippen molar-refractivity contribution in [3.63, 3.8) is 0 Å². The maximum Gasteiger partial charge on any atom is 0.354 e. The van der Waals surface area contributed by atoms with Gasteiger partial charge in [0.2, 0.25) is 0 Å². The van der Waals surface area contributed by atoms with Crippen molar-refractivity contribution in [2.24, 2.45) is 0 Å². The van der Waals surface area contributed by atoms with Crippen LogP contribution in [0.2, 0.25) is 5.02 Å². The first-order valence-electron chi connectivity index (χ1n) is 9.23. The van der Waals surface area contributed by atoms with Crippen LogP contribution in [0.4, 0.5) is 0 Å². The number of amides is 1. The molecule has 0 bridgehead atoms. The molecule has 2 rings (SSSR count). The smallest absolute Gasteiger partial charge is 0.354 e. The Morgan fingerprint density at radius 3 is 2.34 bits per heavy atom. The van der Waals surface area contributed by atoms with Crippen LogP contribution in [0.5, 0.6) is 0 Å². The number of hydrogen-bond donors (Lipinski definition) is 0. The van der Waals surface area contributed by atoms with Gasteiger partial charge in [0.05, 0.1) is 13.7 Å². The van der Waals surface area contributed by atoms with Gasteiger partial charge in [0.25, 0.3) is 5.91 Å². The molecule has 0 saturated carbocycles. The molecule has 0 aliphatic carbocycles. The predicted octanol–water partition coefficient (Wildman–Crippen LogP) is 4.08. The number of halogens is 1. The topological polar surface area (TPSA) is 68.6 Å². The quantitative estimate of drug-likeness (QED) is 0.369. The maximum absolute atomic E-state index is 13.1. The van der Waals surface area contributed by atoms with Crippen molar-refractivity contribution in [1.29, 1.82) is 0 Å². The number of rotatable bonds is 8. The number of Topliss-reactive ketones (excluding diaryl/α,β-unsaturated/α-hetero) is 1. The highest BCUT2D eigenvalue weighted by molar-refractivity contribution is 6.30. The predicted molar refractivity (Wildman–Crippen MR) is 113 cm³/mol. The normalized spacial score (nSPS) is 10.5. The highest BCUT2D eigenvalue weighted by Crippen LogP contribution is 2.24. The van der Waals surface area contributed by atoms with E-state index < -0.39 is 5.97 Å². The molecule has 0 radical (unpaired) electrons. The van der Waals surface area contributed by atoms with E-state index in [1.165, 1.54) is 12.0 Å². The van der Waals surface area contributed by atoms with E-state index >= 15 is 0 Å². The standard InChI is InChI=1S/C22H25ClN2O4/c1-6-12-24(21(27)16-8-10-17(23)11-9-16)13-18(26)19-14(3)20(22(28)29-5)25(7-2)15(19)4/h6,8-11H,1,7,12-13H2,2-5H3. The summed E-state index contributed by atoms with van der Waals surface area (Å²) in [7, 11) is 1.31. The molecule has 7 heteroatoms. The van der Waals surface area contributed by atoms with Crippen LogP contribution < -0.4 is 0 Å². The van der Waals surface area contributed by atoms with E-state index in [1.54, 1.807) is 48.8 Å². The molecule has 6 nitrogen and oxygen atoms in total. The molecule has 0 saturated heterocycles. The van der Waals surface area contributed by atoms with Gasteiger partial charge in [0.1, 0.15) is 5.69 Å². The molecule has 154 valence electrons. The number of methoxy groups -OCH3 is 1. The summed E-state index contributed by atoms with van der Waals surface area (Å²) in [5.74, 6) is -1.04. The van der Waals surface area contributed by atoms with Crippen LogP contribution in [-0.2, 0) is 11.3 Å². The van der Waals surface area contributed by atoms with Gasteiger partial charge in [0.15, 0.2) is 5.78 Å². The van der Waals surface area contributed by atoms with Crippen molar-refractivity contribution in [2.75, 3.05) is 20.2 Å². The largest absolute Gasteiger partial charge is 0.464 e. The minimum atomic E-state index is -0.494. The fourth-order valence-electron chi connectivity index (χ4n) is 3.46. The minimum absolute atomic E-state index is 0.135. The monoisotopic (exact) mass is 416 g/mol. The summed E-state index contributed by atoms with van der Waals surface area (Å²) in [6.45, 7) is 9.67. The van der Waals surface area contributed by atoms with Gasteiger partial charge >= 0.3 is 5.97 Å². The minimum Gasteiger partial charge on any atom is -0.464 e. The van der Waals surface area contributed by atoms with E-state index in [4.69, 9.17) is 16.3 Å². The zero-order valence-corrected chi connectivity index (χ0v) is 17.9. The Labute approximate surface area is 175 Å². The Kier molecular flexibility index (Phi) is 7.40. The van der Waals surface area contributed by atoms with Gasteiger partial charge in [0, 0.05) is 34.9 Å². The fraction of sp³-hybridized carbons (Fsp3) is 0.318. The van der Waals surface area contributed by atoms with Crippen LogP contribution >= 0.6 is 11.6 Å². The van der Waals surface area contributed by atoms with Crippen molar-refractivity contribution in [1.82, 2.24) is 9.47 Å². The third kappa shape index (κ3) is 4.59. The number of esters is 1. The number of nitrogens with zero attached hydrogens (tertiary/aromatic N) is 2. The molecule has 0 spiro atoms. The second-order valence-corrected chi connectivity index (χ2v) is 7.01. The lowest BCUT2D eigenvalue weighted by atomic mass is 10.0. The Balaban J connectivity index is 2.39. The van der Waals surface area contributed by atoms with E-state index in [-0.39, 0.29) is 24.8 Å². The molecule has 2 aromatic rings. The van der Waals surface area contributed by atoms with E-state index in [1.807, 2.05) is 6.92 Å². The Hall–Kier alpha value is -2.86. The van der Waals surface area contributed by atoms with Gasteiger partial charge in [-0.05, 0) is 50.6 Å². The van der Waals surface area contributed by atoms with Crippen LogP contribution in [0.3, 0.4) is 0 Å². The second-order valence-electron chi connectivity index (χ2n) is 6.57. The number of carbonyl (C=O) groups excluding carboxylic acids is 3. The number of ketones is 1. The number of benzene rings is 1. The molecule has 1 amide bonds. The van der Waals surface area contributed by atoms with E-state index in [9.17, 15) is 14.4 Å². The molecule has 29 heavy (non-hydrogen) atoms. The zero-order valence-electron chi connectivity index (χ0n) is 17.1. The van der Waals surface area contributed by atoms with Crippen molar-refractivity contribution >= 4 is 29.3 Å². The molecule has 0 aliphatic rings. The van der Waals surface area contributed by atoms with Crippen LogP contribution in [0.25, 0.3) is 0 Å². The molecular formula is C22H25ClN2O4. The second kappa shape index (κ2) is 9.56. The van der Waals surface area contributed by atoms with Gasteiger partial charge in [-0.3, -0.25) is 9.59 Å². The summed E-state index contributed by atoms with van der Waals surface area (Å²) < 4.78 is 6.63. The highest BCUT2D eigenvalue weighted by Gasteiger charge is 2.28. The molecule has 1 heterocycles. The van der Waals surface area contributed by atoms with Crippen molar-refractivity contribution < 1.29 is 19.1 Å². The van der Waals surface area contributed by atoms with E-state index in [2.05, 4.69) is 6.58 Å². The van der Waals surface area contributed by atoms with E-state index in [0.29, 0.717) is 39.6 Å². The van der Waals surface area contributed by atoms with Crippen LogP contribution in [-0.4, -0.2) is 47.3 Å². The summed E-state index contributed by atoms with van der Waals surface area (Å²) in [5, 5.41) is 0.524. The first kappa shape index (κ1) is 22.4. The van der Waals surface area contributed by atoms with Gasteiger partial charge in [-0.1, -0.05) is 17.7 Å². The lowest BCUT2D eigenvalue weighted by molar-refractivity contribution is 0.0587. The average molecular weight is 417 g/mol. The summed E-state index contributed by atoms with van der Waals surface area (Å²) in [5.41, 5.74) is 2.45. The van der Waals surface area contributed by atoms with Gasteiger partial charge in [-0.15, -0.1) is 6.58 Å². The lowest BCUT2D eigenvalue weighted by Crippen LogP contribution is -2.36. The van der Waals surface area contributed by atoms with Crippen LogP contribution in [0, 0.1) is 13.8 Å². The molecule has 0 atom stereocenters. The highest BCUT2D eigenvalue weighted by atomic mass is 35.5. The average Bonchev–Trinajstić information content (AvgIpc) is 2.96. The fourth-order valence-corrected chi connectivity index (χ4v) is 3.59. The van der Waals surface area contributed by atoms with Gasteiger partial charge in [-0.2, -0.15) is 0 Å².